The number of aliphatic hydroxyl groups is 2. The molecule has 2 aliphatic heterocycles. The predicted octanol–water partition coefficient (Wildman–Crippen LogP) is 5.23. The number of anilines is 2. The van der Waals surface area contributed by atoms with Crippen molar-refractivity contribution < 1.29 is 61.9 Å². The molecule has 0 radical (unpaired) electrons. The molecule has 0 spiro atoms. The van der Waals surface area contributed by atoms with Crippen LogP contribution in [-0.4, -0.2) is 61.2 Å². The summed E-state index contributed by atoms with van der Waals surface area (Å²) in [6.45, 7) is 15.8. The van der Waals surface area contributed by atoms with Gasteiger partial charge in [-0.25, -0.2) is 0 Å². The molecule has 0 unspecified atom stereocenters. The number of ketones is 2. The largest absolute Gasteiger partial charge is 0.396 e. The van der Waals surface area contributed by atoms with Crippen LogP contribution < -0.4 is 9.80 Å². The second-order valence-corrected chi connectivity index (χ2v) is 11.5. The Morgan fingerprint density at radius 3 is 1.81 bits per heavy atom. The minimum Gasteiger partial charge on any atom is -0.396 e. The van der Waals surface area contributed by atoms with E-state index in [1.807, 2.05) is 19.9 Å². The van der Waals surface area contributed by atoms with Gasteiger partial charge in [0.05, 0.1) is 0 Å². The van der Waals surface area contributed by atoms with E-state index in [9.17, 15) is 9.59 Å². The van der Waals surface area contributed by atoms with Gasteiger partial charge in [0.1, 0.15) is 5.78 Å². The Morgan fingerprint density at radius 1 is 0.833 bits per heavy atom. The number of benzene rings is 2. The zero-order valence-corrected chi connectivity index (χ0v) is 32.0. The predicted molar refractivity (Wildman–Crippen MR) is 165 cm³/mol. The van der Waals surface area contributed by atoms with Gasteiger partial charge in [0.2, 0.25) is 0 Å². The fourth-order valence-electron chi connectivity index (χ4n) is 5.86. The summed E-state index contributed by atoms with van der Waals surface area (Å²) < 4.78 is 0. The molecule has 2 N–H and O–H groups in total. The smallest absolute Gasteiger partial charge is 0.155 e. The number of Topliss-reactive ketones (excluding diaryl/α,β-unsaturated/α-hetero) is 2. The first-order valence-corrected chi connectivity index (χ1v) is 14.7. The van der Waals surface area contributed by atoms with Gasteiger partial charge in [-0.2, -0.15) is 0 Å². The standard InChI is InChI=1S/C17H25NO2.C17H23NO2.2W/c2*1-12(14(3)20)9-15-10-13(2)17-16(11-15)5-7-18(17)6-4-8-19;;/h10-12,19H,4-9H2,1-3H3;9-11,19H,4-8H2,1-3H3;;/b;12-9+;;/t12-;;;/m1.../s1. The molecule has 2 aromatic rings. The molecule has 0 amide bonds. The summed E-state index contributed by atoms with van der Waals surface area (Å²) in [5.41, 5.74) is 11.1. The summed E-state index contributed by atoms with van der Waals surface area (Å²) in [5, 5.41) is 18.0. The summed E-state index contributed by atoms with van der Waals surface area (Å²) in [7, 11) is 0. The summed E-state index contributed by atoms with van der Waals surface area (Å²) in [4.78, 5) is 27.5. The van der Waals surface area contributed by atoms with Crippen LogP contribution in [0.5, 0.6) is 0 Å². The number of carbonyl (C=O) groups excluding carboxylic acids is 2. The molecule has 0 fully saturated rings. The second kappa shape index (κ2) is 18.3. The van der Waals surface area contributed by atoms with Crippen molar-refractivity contribution in [1.82, 2.24) is 0 Å². The molecule has 2 aromatic carbocycles. The molecule has 2 aliphatic rings. The molecule has 4 rings (SSSR count). The molecule has 2 heterocycles. The van der Waals surface area contributed by atoms with Gasteiger partial charge in [-0.3, -0.25) is 9.59 Å². The maximum Gasteiger partial charge on any atom is 0.155 e. The van der Waals surface area contributed by atoms with Gasteiger partial charge in [-0.1, -0.05) is 19.1 Å². The number of rotatable bonds is 11. The molecular formula is C34H48N2O4W2. The number of aliphatic hydroxyl groups excluding tert-OH is 2. The van der Waals surface area contributed by atoms with Crippen LogP contribution in [0.4, 0.5) is 11.4 Å². The number of hydrogen-bond donors (Lipinski definition) is 2. The topological polar surface area (TPSA) is 81.1 Å². The fraction of sp³-hybridized carbons (Fsp3) is 0.529. The van der Waals surface area contributed by atoms with Crippen molar-refractivity contribution in [2.24, 2.45) is 5.92 Å². The monoisotopic (exact) mass is 916 g/mol. The molecule has 230 valence electrons. The maximum atomic E-state index is 11.4. The molecule has 42 heavy (non-hydrogen) atoms. The minimum atomic E-state index is 0. The van der Waals surface area contributed by atoms with Crippen molar-refractivity contribution in [1.29, 1.82) is 0 Å². The molecule has 0 aliphatic carbocycles. The minimum absolute atomic E-state index is 0. The van der Waals surface area contributed by atoms with Crippen LogP contribution in [0, 0.1) is 19.8 Å². The first-order valence-electron chi connectivity index (χ1n) is 14.7. The molecule has 0 bridgehead atoms. The van der Waals surface area contributed by atoms with Gasteiger partial charge >= 0.3 is 0 Å². The number of nitrogens with zero attached hydrogens (tertiary/aromatic N) is 2. The van der Waals surface area contributed by atoms with Crippen LogP contribution in [0.1, 0.15) is 73.9 Å². The fourth-order valence-corrected chi connectivity index (χ4v) is 5.86. The van der Waals surface area contributed by atoms with E-state index < -0.39 is 0 Å². The Morgan fingerprint density at radius 2 is 1.33 bits per heavy atom. The van der Waals surface area contributed by atoms with Crippen molar-refractivity contribution in [2.45, 2.75) is 73.6 Å². The average molecular weight is 916 g/mol. The van der Waals surface area contributed by atoms with Gasteiger partial charge in [-0.05, 0) is 124 Å². The molecule has 0 aromatic heterocycles. The number of fused-ring (bicyclic) bond motifs is 2. The third-order valence-corrected chi connectivity index (χ3v) is 8.12. The van der Waals surface area contributed by atoms with Crippen LogP contribution in [0.25, 0.3) is 6.08 Å². The molecule has 0 saturated heterocycles. The summed E-state index contributed by atoms with van der Waals surface area (Å²) >= 11 is 0. The number of allylic oxidation sites excluding steroid dienone is 1. The third-order valence-electron chi connectivity index (χ3n) is 8.12. The first kappa shape index (κ1) is 38.4. The van der Waals surface area contributed by atoms with Crippen molar-refractivity contribution >= 4 is 29.0 Å². The van der Waals surface area contributed by atoms with Gasteiger partial charge in [-0.15, -0.1) is 0 Å². The molecule has 6 nitrogen and oxygen atoms in total. The van der Waals surface area contributed by atoms with E-state index in [2.05, 4.69) is 47.9 Å². The maximum absolute atomic E-state index is 11.4. The zero-order chi connectivity index (χ0) is 29.4. The molecule has 8 heteroatoms. The Bertz CT molecular complexity index is 1240. The van der Waals surface area contributed by atoms with E-state index in [1.165, 1.54) is 39.2 Å². The van der Waals surface area contributed by atoms with Gasteiger partial charge < -0.3 is 20.0 Å². The third kappa shape index (κ3) is 10.3. The number of hydrogen-bond acceptors (Lipinski definition) is 6. The van der Waals surface area contributed by atoms with E-state index in [1.54, 1.807) is 13.8 Å². The molecular weight excluding hydrogens is 868 g/mol. The Kier molecular flexibility index (Phi) is 16.7. The van der Waals surface area contributed by atoms with E-state index in [0.29, 0.717) is 0 Å². The first-order chi connectivity index (χ1) is 19.0. The number of aryl methyl sites for hydroxylation is 2. The second-order valence-electron chi connectivity index (χ2n) is 11.5. The molecule has 0 saturated carbocycles. The van der Waals surface area contributed by atoms with Gasteiger partial charge in [0.25, 0.3) is 0 Å². The normalized spacial score (nSPS) is 14.2. The van der Waals surface area contributed by atoms with E-state index in [-0.39, 0.29) is 72.8 Å². The van der Waals surface area contributed by atoms with Gasteiger partial charge in [0, 0.05) is 98.8 Å². The Balaban J connectivity index is 0.000000401. The van der Waals surface area contributed by atoms with Gasteiger partial charge in [0.15, 0.2) is 5.78 Å². The summed E-state index contributed by atoms with van der Waals surface area (Å²) in [5.74, 6) is 0.472. The van der Waals surface area contributed by atoms with E-state index >= 15 is 0 Å². The quantitative estimate of drug-likeness (QED) is 0.301. The SMILES string of the molecule is CC(=O)/C(C)=C/c1cc(C)c2c(c1)CCN2CCCO.CC(=O)[C@H](C)Cc1cc(C)c2c(c1)CCN2CCCO.[W].[W]. The Hall–Kier alpha value is -1.58. The van der Waals surface area contributed by atoms with Crippen LogP contribution in [0.3, 0.4) is 0 Å². The van der Waals surface area contributed by atoms with Crippen LogP contribution in [-0.2, 0) is 71.0 Å². The van der Waals surface area contributed by atoms with Crippen LogP contribution in [0.15, 0.2) is 29.8 Å². The van der Waals surface area contributed by atoms with Crippen molar-refractivity contribution in [3.05, 3.63) is 63.2 Å². The van der Waals surface area contributed by atoms with E-state index in [0.717, 1.165) is 69.4 Å². The van der Waals surface area contributed by atoms with Crippen LogP contribution in [0.2, 0.25) is 0 Å². The summed E-state index contributed by atoms with van der Waals surface area (Å²) in [6.07, 6.45) is 6.55. The van der Waals surface area contributed by atoms with Crippen molar-refractivity contribution in [3.63, 3.8) is 0 Å². The summed E-state index contributed by atoms with van der Waals surface area (Å²) in [6, 6.07) is 8.81. The van der Waals surface area contributed by atoms with Crippen molar-refractivity contribution in [2.75, 3.05) is 49.2 Å². The Labute approximate surface area is 281 Å². The van der Waals surface area contributed by atoms with Crippen LogP contribution >= 0.6 is 0 Å². The molecule has 1 atom stereocenters. The number of carbonyl (C=O) groups is 2. The van der Waals surface area contributed by atoms with E-state index in [4.69, 9.17) is 10.2 Å². The zero-order valence-electron chi connectivity index (χ0n) is 26.2. The average Bonchev–Trinajstić information content (AvgIpc) is 3.50. The van der Waals surface area contributed by atoms with Crippen molar-refractivity contribution in [3.8, 4) is 0 Å².